The molecule has 0 aliphatic heterocycles. The van der Waals surface area contributed by atoms with Crippen molar-refractivity contribution in [3.8, 4) is 0 Å². The number of hydrogen-bond acceptors (Lipinski definition) is 3. The van der Waals surface area contributed by atoms with E-state index in [0.29, 0.717) is 12.3 Å². The molecular weight excluding hydrogens is 228 g/mol. The van der Waals surface area contributed by atoms with Crippen LogP contribution < -0.4 is 10.6 Å². The molecule has 2 rings (SSSR count). The summed E-state index contributed by atoms with van der Waals surface area (Å²) in [6.07, 6.45) is 0. The highest BCUT2D eigenvalue weighted by molar-refractivity contribution is 5.99. The van der Waals surface area contributed by atoms with Crippen molar-refractivity contribution in [1.82, 2.24) is 10.6 Å². The van der Waals surface area contributed by atoms with Crippen molar-refractivity contribution in [3.63, 3.8) is 0 Å². The summed E-state index contributed by atoms with van der Waals surface area (Å²) in [5.74, 6) is 0.258. The topological polar surface area (TPSA) is 54.3 Å². The van der Waals surface area contributed by atoms with E-state index in [9.17, 15) is 4.79 Å². The van der Waals surface area contributed by atoms with E-state index in [1.807, 2.05) is 39.1 Å². The maximum atomic E-state index is 12.0. The van der Waals surface area contributed by atoms with Gasteiger partial charge in [0.1, 0.15) is 5.58 Å². The largest absolute Gasteiger partial charge is 0.450 e. The van der Waals surface area contributed by atoms with Crippen molar-refractivity contribution in [1.29, 1.82) is 0 Å². The number of rotatable bonds is 4. The van der Waals surface area contributed by atoms with Crippen molar-refractivity contribution in [2.24, 2.45) is 0 Å². The van der Waals surface area contributed by atoms with Gasteiger partial charge in [0.2, 0.25) is 0 Å². The second-order valence-corrected chi connectivity index (χ2v) is 4.37. The summed E-state index contributed by atoms with van der Waals surface area (Å²) < 4.78 is 5.69. The highest BCUT2D eigenvalue weighted by atomic mass is 16.3. The Morgan fingerprint density at radius 1 is 1.28 bits per heavy atom. The van der Waals surface area contributed by atoms with Crippen molar-refractivity contribution in [2.45, 2.75) is 13.8 Å². The van der Waals surface area contributed by atoms with Gasteiger partial charge in [-0.15, -0.1) is 0 Å². The number of benzene rings is 1. The molecule has 1 aromatic carbocycles. The zero-order valence-electron chi connectivity index (χ0n) is 11.0. The number of aryl methyl sites for hydroxylation is 2. The first-order chi connectivity index (χ1) is 8.65. The number of para-hydroxylation sites is 1. The molecule has 96 valence electrons. The van der Waals surface area contributed by atoms with Gasteiger partial charge >= 0.3 is 0 Å². The molecule has 0 unspecified atom stereocenters. The first kappa shape index (κ1) is 12.6. The monoisotopic (exact) mass is 246 g/mol. The van der Waals surface area contributed by atoms with Gasteiger partial charge in [-0.25, -0.2) is 0 Å². The Hall–Kier alpha value is -1.81. The van der Waals surface area contributed by atoms with E-state index in [4.69, 9.17) is 4.42 Å². The highest BCUT2D eigenvalue weighted by Crippen LogP contribution is 2.27. The lowest BCUT2D eigenvalue weighted by Gasteiger charge is -2.02. The van der Waals surface area contributed by atoms with Crippen LogP contribution in [0.3, 0.4) is 0 Å². The third kappa shape index (κ3) is 2.24. The zero-order chi connectivity index (χ0) is 13.1. The third-order valence-corrected chi connectivity index (χ3v) is 3.03. The molecule has 0 fully saturated rings. The zero-order valence-corrected chi connectivity index (χ0v) is 11.0. The van der Waals surface area contributed by atoms with Gasteiger partial charge in [0.05, 0.1) is 0 Å². The van der Waals surface area contributed by atoms with Crippen LogP contribution >= 0.6 is 0 Å². The summed E-state index contributed by atoms with van der Waals surface area (Å²) in [5, 5.41) is 6.81. The van der Waals surface area contributed by atoms with Gasteiger partial charge in [0.15, 0.2) is 5.76 Å². The Morgan fingerprint density at radius 2 is 2.06 bits per heavy atom. The molecule has 4 heteroatoms. The minimum absolute atomic E-state index is 0.154. The van der Waals surface area contributed by atoms with Crippen LogP contribution in [0.25, 0.3) is 11.0 Å². The standard InChI is InChI=1S/C14H18N2O2/c1-9-5-4-6-11-10(2)13(18-12(9)11)14(17)16-8-7-15-3/h4-6,15H,7-8H2,1-3H3,(H,16,17). The van der Waals surface area contributed by atoms with Gasteiger partial charge in [-0.05, 0) is 26.5 Å². The van der Waals surface area contributed by atoms with E-state index in [1.54, 1.807) is 0 Å². The molecule has 1 amide bonds. The van der Waals surface area contributed by atoms with E-state index in [1.165, 1.54) is 0 Å². The van der Waals surface area contributed by atoms with E-state index < -0.39 is 0 Å². The van der Waals surface area contributed by atoms with Crippen molar-refractivity contribution in [3.05, 3.63) is 35.1 Å². The molecule has 0 spiro atoms. The summed E-state index contributed by atoms with van der Waals surface area (Å²) in [4.78, 5) is 12.0. The number of likely N-dealkylation sites (N-methyl/N-ethyl adjacent to an activating group) is 1. The molecule has 0 radical (unpaired) electrons. The summed E-state index contributed by atoms with van der Waals surface area (Å²) in [5.41, 5.74) is 2.74. The number of nitrogens with one attached hydrogen (secondary N) is 2. The Labute approximate surface area is 106 Å². The number of fused-ring (bicyclic) bond motifs is 1. The number of amides is 1. The number of carbonyl (C=O) groups is 1. The van der Waals surface area contributed by atoms with Crippen LogP contribution in [0.5, 0.6) is 0 Å². The first-order valence-corrected chi connectivity index (χ1v) is 6.06. The Morgan fingerprint density at radius 3 is 2.72 bits per heavy atom. The predicted octanol–water partition coefficient (Wildman–Crippen LogP) is 2.00. The van der Waals surface area contributed by atoms with Gasteiger partial charge in [-0.3, -0.25) is 4.79 Å². The fourth-order valence-electron chi connectivity index (χ4n) is 1.98. The first-order valence-electron chi connectivity index (χ1n) is 6.06. The second-order valence-electron chi connectivity index (χ2n) is 4.37. The number of carbonyl (C=O) groups excluding carboxylic acids is 1. The molecule has 2 aromatic rings. The normalized spacial score (nSPS) is 10.8. The van der Waals surface area contributed by atoms with E-state index in [2.05, 4.69) is 10.6 Å². The molecular formula is C14H18N2O2. The van der Waals surface area contributed by atoms with Crippen LogP contribution in [0, 0.1) is 13.8 Å². The third-order valence-electron chi connectivity index (χ3n) is 3.03. The lowest BCUT2D eigenvalue weighted by molar-refractivity contribution is 0.0928. The average Bonchev–Trinajstić information content (AvgIpc) is 2.69. The molecule has 0 saturated heterocycles. The van der Waals surface area contributed by atoms with Crippen LogP contribution in [0.1, 0.15) is 21.7 Å². The van der Waals surface area contributed by atoms with Gasteiger partial charge < -0.3 is 15.1 Å². The Balaban J connectivity index is 2.31. The van der Waals surface area contributed by atoms with Gasteiger partial charge in [-0.2, -0.15) is 0 Å². The molecule has 2 N–H and O–H groups in total. The Bertz CT molecular complexity index is 572. The maximum Gasteiger partial charge on any atom is 0.287 e. The van der Waals surface area contributed by atoms with E-state index in [-0.39, 0.29) is 5.91 Å². The lowest BCUT2D eigenvalue weighted by atomic mass is 10.1. The van der Waals surface area contributed by atoms with Crippen LogP contribution in [0.2, 0.25) is 0 Å². The van der Waals surface area contributed by atoms with Crippen molar-refractivity contribution < 1.29 is 9.21 Å². The van der Waals surface area contributed by atoms with Crippen LogP contribution in [0.4, 0.5) is 0 Å². The van der Waals surface area contributed by atoms with E-state index in [0.717, 1.165) is 28.6 Å². The Kier molecular flexibility index (Phi) is 3.67. The molecule has 0 saturated carbocycles. The summed E-state index contributed by atoms with van der Waals surface area (Å²) in [6.45, 7) is 5.22. The minimum atomic E-state index is -0.154. The van der Waals surface area contributed by atoms with Gasteiger partial charge in [0, 0.05) is 24.0 Å². The summed E-state index contributed by atoms with van der Waals surface area (Å²) >= 11 is 0. The quantitative estimate of drug-likeness (QED) is 0.811. The number of furan rings is 1. The molecule has 0 aliphatic carbocycles. The lowest BCUT2D eigenvalue weighted by Crippen LogP contribution is -2.30. The van der Waals surface area contributed by atoms with Crippen LogP contribution in [-0.2, 0) is 0 Å². The summed E-state index contributed by atoms with van der Waals surface area (Å²) in [7, 11) is 1.85. The van der Waals surface area contributed by atoms with Gasteiger partial charge in [-0.1, -0.05) is 18.2 Å². The van der Waals surface area contributed by atoms with E-state index >= 15 is 0 Å². The minimum Gasteiger partial charge on any atom is -0.450 e. The van der Waals surface area contributed by atoms with Crippen LogP contribution in [-0.4, -0.2) is 26.0 Å². The smallest absolute Gasteiger partial charge is 0.287 e. The molecule has 1 heterocycles. The maximum absolute atomic E-state index is 12.0. The fraction of sp³-hybridized carbons (Fsp3) is 0.357. The van der Waals surface area contributed by atoms with Gasteiger partial charge in [0.25, 0.3) is 5.91 Å². The summed E-state index contributed by atoms with van der Waals surface area (Å²) in [6, 6.07) is 5.93. The van der Waals surface area contributed by atoms with Crippen molar-refractivity contribution in [2.75, 3.05) is 20.1 Å². The highest BCUT2D eigenvalue weighted by Gasteiger charge is 2.17. The van der Waals surface area contributed by atoms with Crippen molar-refractivity contribution >= 4 is 16.9 Å². The molecule has 0 bridgehead atoms. The molecule has 0 atom stereocenters. The van der Waals surface area contributed by atoms with Crippen LogP contribution in [0.15, 0.2) is 22.6 Å². The number of hydrogen-bond donors (Lipinski definition) is 2. The molecule has 18 heavy (non-hydrogen) atoms. The average molecular weight is 246 g/mol. The fourth-order valence-corrected chi connectivity index (χ4v) is 1.98. The molecule has 0 aliphatic rings. The molecule has 4 nitrogen and oxygen atoms in total. The molecule has 1 aromatic heterocycles. The SMILES string of the molecule is CNCCNC(=O)c1oc2c(C)cccc2c1C. The second kappa shape index (κ2) is 5.23. The predicted molar refractivity (Wildman–Crippen MR) is 71.9 cm³/mol.